The van der Waals surface area contributed by atoms with Gasteiger partial charge in [-0.15, -0.1) is 0 Å². The predicted molar refractivity (Wildman–Crippen MR) is 57.0 cm³/mol. The van der Waals surface area contributed by atoms with Gasteiger partial charge in [0.1, 0.15) is 0 Å². The second kappa shape index (κ2) is 11.5. The Morgan fingerprint density at radius 3 is 1.71 bits per heavy atom. The number of halogens is 1. The van der Waals surface area contributed by atoms with Crippen molar-refractivity contribution in [3.8, 4) is 0 Å². The molecule has 1 rings (SSSR count). The average molecular weight is 255 g/mol. The molecule has 0 aliphatic heterocycles. The highest BCUT2D eigenvalue weighted by molar-refractivity contribution is 9.10. The fraction of sp³-hybridized carbons (Fsp3) is 0.111. The minimum absolute atomic E-state index is 0.500. The van der Waals surface area contributed by atoms with Crippen LogP contribution >= 0.6 is 15.9 Å². The lowest BCUT2D eigenvalue weighted by molar-refractivity contribution is 0.568. The predicted octanol–water partition coefficient (Wildman–Crippen LogP) is 2.54. The first-order valence-electron chi connectivity index (χ1n) is 3.37. The van der Waals surface area contributed by atoms with Crippen molar-refractivity contribution in [2.75, 3.05) is 0 Å². The molecule has 0 aliphatic rings. The minimum atomic E-state index is 0.500. The summed E-state index contributed by atoms with van der Waals surface area (Å²) in [5.41, 5.74) is 1.28. The molecule has 0 saturated carbocycles. The van der Waals surface area contributed by atoms with Gasteiger partial charge in [0.25, 0.3) is 0 Å². The van der Waals surface area contributed by atoms with Crippen LogP contribution in [0.15, 0.2) is 28.7 Å². The third-order valence-corrected chi connectivity index (χ3v) is 1.97. The van der Waals surface area contributed by atoms with Gasteiger partial charge >= 0.3 is 0 Å². The molecule has 0 radical (unpaired) electrons. The fourth-order valence-electron chi connectivity index (χ4n) is 0.551. The maximum atomic E-state index is 8.24. The third-order valence-electron chi connectivity index (χ3n) is 1.08. The molecule has 0 aliphatic carbocycles. The van der Waals surface area contributed by atoms with E-state index in [-0.39, 0.29) is 0 Å². The summed E-state index contributed by atoms with van der Waals surface area (Å²) in [6, 6.07) is 8.15. The number of rotatable bonds is 0. The van der Waals surface area contributed by atoms with E-state index in [4.69, 9.17) is 20.4 Å². The fourth-order valence-corrected chi connectivity index (χ4v) is 0.836. The van der Waals surface area contributed by atoms with E-state index in [0.717, 1.165) is 0 Å². The molecular weight excluding hydrogens is 248 g/mol. The minimum Gasteiger partial charge on any atom is -0.724 e. The summed E-state index contributed by atoms with van der Waals surface area (Å²) < 4.78 is 1.18. The number of aryl methyl sites for hydroxylation is 1. The van der Waals surface area contributed by atoms with E-state index in [1.807, 2.05) is 18.2 Å². The van der Waals surface area contributed by atoms with Crippen LogP contribution < -0.4 is 0 Å². The van der Waals surface area contributed by atoms with Gasteiger partial charge in [0.05, 0.1) is 0 Å². The summed E-state index contributed by atoms with van der Waals surface area (Å²) >= 11 is 3.40. The first-order valence-corrected chi connectivity index (χ1v) is 4.16. The van der Waals surface area contributed by atoms with E-state index in [9.17, 15) is 0 Å². The quantitative estimate of drug-likeness (QED) is 0.527. The Kier molecular flexibility index (Phi) is 12.2. The van der Waals surface area contributed by atoms with Crippen molar-refractivity contribution in [1.82, 2.24) is 0 Å². The van der Waals surface area contributed by atoms with Crippen LogP contribution in [-0.4, -0.2) is 12.2 Å². The molecule has 0 spiro atoms. The summed E-state index contributed by atoms with van der Waals surface area (Å²) in [5, 5.41) is 13.5. The molecule has 0 aromatic heterocycles. The number of nitrogens with zero attached hydrogens (tertiary/aromatic N) is 2. The van der Waals surface area contributed by atoms with E-state index in [0.29, 0.717) is 12.2 Å². The molecule has 0 bridgehead atoms. The highest BCUT2D eigenvalue weighted by Crippen LogP contribution is 2.13. The average Bonchev–Trinajstić information content (AvgIpc) is 2.13. The van der Waals surface area contributed by atoms with Crippen molar-refractivity contribution in [1.29, 1.82) is 0 Å². The third kappa shape index (κ3) is 10.5. The van der Waals surface area contributed by atoms with Gasteiger partial charge in [-0.1, -0.05) is 34.1 Å². The molecule has 0 unspecified atom stereocenters. The second-order valence-electron chi connectivity index (χ2n) is 1.93. The highest BCUT2D eigenvalue weighted by Gasteiger charge is 1.86. The Morgan fingerprint density at radius 2 is 1.50 bits per heavy atom. The summed E-state index contributed by atoms with van der Waals surface area (Å²) in [5.74, 6) is 0. The molecule has 0 amide bonds. The molecule has 74 valence electrons. The van der Waals surface area contributed by atoms with Crippen LogP contribution in [0.2, 0.25) is 0 Å². The summed E-state index contributed by atoms with van der Waals surface area (Å²) in [7, 11) is 0. The normalized spacial score (nSPS) is 6.43. The lowest BCUT2D eigenvalue weighted by Gasteiger charge is -1.91. The number of hydrogen-bond acceptors (Lipinski definition) is 2. The van der Waals surface area contributed by atoms with Gasteiger partial charge in [-0.25, -0.2) is 0 Å². The van der Waals surface area contributed by atoms with Crippen molar-refractivity contribution in [3.63, 3.8) is 0 Å². The summed E-state index contributed by atoms with van der Waals surface area (Å²) in [6.45, 7) is 2.07. The summed E-state index contributed by atoms with van der Waals surface area (Å²) in [4.78, 5) is 16.5. The number of hydrogen-bond donors (Lipinski definition) is 0. The van der Waals surface area contributed by atoms with Crippen LogP contribution in [0.4, 0.5) is 0 Å². The first-order chi connectivity index (χ1) is 6.63. The molecule has 4 nitrogen and oxygen atoms in total. The van der Waals surface area contributed by atoms with Crippen molar-refractivity contribution < 1.29 is 9.59 Å². The number of carbonyl (C=O) groups excluding carboxylic acids is 2. The molecule has 0 heterocycles. The van der Waals surface area contributed by atoms with E-state index in [1.165, 1.54) is 10.0 Å². The molecule has 0 atom stereocenters. The SMILES string of the molecule is Cc1ccccc1Br.[N-]=C=O.[N-]=C=O. The van der Waals surface area contributed by atoms with Gasteiger partial charge in [-0.2, -0.15) is 0 Å². The second-order valence-corrected chi connectivity index (χ2v) is 2.79. The zero-order chi connectivity index (χ0) is 11.4. The van der Waals surface area contributed by atoms with E-state index < -0.39 is 0 Å². The highest BCUT2D eigenvalue weighted by atomic mass is 79.9. The molecule has 5 heteroatoms. The van der Waals surface area contributed by atoms with Crippen LogP contribution in [0.5, 0.6) is 0 Å². The van der Waals surface area contributed by atoms with Gasteiger partial charge < -0.3 is 10.8 Å². The van der Waals surface area contributed by atoms with Gasteiger partial charge in [0.15, 0.2) is 0 Å². The van der Waals surface area contributed by atoms with E-state index in [1.54, 1.807) is 0 Å². The smallest absolute Gasteiger partial charge is 0.0204 e. The van der Waals surface area contributed by atoms with Crippen LogP contribution in [0, 0.1) is 6.92 Å². The Labute approximate surface area is 90.1 Å². The number of isocyanates is 2. The zero-order valence-corrected chi connectivity index (χ0v) is 8.98. The van der Waals surface area contributed by atoms with Gasteiger partial charge in [0.2, 0.25) is 0 Å². The van der Waals surface area contributed by atoms with Crippen LogP contribution in [-0.2, 0) is 9.59 Å². The standard InChI is InChI=1S/C7H7Br.2CNO/c1-6-4-2-3-5-7(6)8;2*2-1-3/h2-5H,1H3;;/q;2*-1. The Balaban J connectivity index is 0. The molecular formula is C9H7BrN2O2-2. The van der Waals surface area contributed by atoms with Crippen LogP contribution in [0.1, 0.15) is 5.56 Å². The topological polar surface area (TPSA) is 78.7 Å². The molecule has 1 aromatic carbocycles. The first kappa shape index (κ1) is 15.0. The Bertz CT molecular complexity index is 294. The number of benzene rings is 1. The summed E-state index contributed by atoms with van der Waals surface area (Å²) in [6.07, 6.45) is 1.00. The lowest BCUT2D eigenvalue weighted by Crippen LogP contribution is -1.69. The van der Waals surface area contributed by atoms with Crippen LogP contribution in [0.25, 0.3) is 10.8 Å². The van der Waals surface area contributed by atoms with Crippen molar-refractivity contribution in [3.05, 3.63) is 45.1 Å². The molecule has 0 fully saturated rings. The molecule has 1 aromatic rings. The molecule has 0 N–H and O–H groups in total. The van der Waals surface area contributed by atoms with Crippen LogP contribution in [0.3, 0.4) is 0 Å². The van der Waals surface area contributed by atoms with Gasteiger partial charge in [-0.3, -0.25) is 9.59 Å². The Morgan fingerprint density at radius 1 is 1.14 bits per heavy atom. The lowest BCUT2D eigenvalue weighted by atomic mass is 10.2. The molecule has 14 heavy (non-hydrogen) atoms. The van der Waals surface area contributed by atoms with Gasteiger partial charge in [0, 0.05) is 4.47 Å². The van der Waals surface area contributed by atoms with Crippen molar-refractivity contribution in [2.24, 2.45) is 0 Å². The monoisotopic (exact) mass is 254 g/mol. The maximum absolute atomic E-state index is 8.24. The van der Waals surface area contributed by atoms with Crippen molar-refractivity contribution >= 4 is 28.1 Å². The maximum Gasteiger partial charge on any atom is 0.0204 e. The van der Waals surface area contributed by atoms with Crippen molar-refractivity contribution in [2.45, 2.75) is 6.92 Å². The Hall–Kier alpha value is -1.54. The molecule has 0 saturated heterocycles. The van der Waals surface area contributed by atoms with Gasteiger partial charge in [-0.05, 0) is 30.7 Å². The zero-order valence-electron chi connectivity index (χ0n) is 7.40. The van der Waals surface area contributed by atoms with E-state index in [2.05, 4.69) is 28.9 Å². The van der Waals surface area contributed by atoms with E-state index >= 15 is 0 Å². The largest absolute Gasteiger partial charge is 0.724 e.